The summed E-state index contributed by atoms with van der Waals surface area (Å²) >= 11 is 1.33. The van der Waals surface area contributed by atoms with Crippen LogP contribution in [0.2, 0.25) is 0 Å². The van der Waals surface area contributed by atoms with E-state index < -0.39 is 0 Å². The Balaban J connectivity index is 2.20. The summed E-state index contributed by atoms with van der Waals surface area (Å²) < 4.78 is 1.82. The maximum atomic E-state index is 4.59. The zero-order valence-electron chi connectivity index (χ0n) is 11.3. The zero-order valence-corrected chi connectivity index (χ0v) is 14.3. The first-order chi connectivity index (χ1) is 9.24. The maximum absolute atomic E-state index is 4.59. The normalized spacial score (nSPS) is 19.1. The van der Waals surface area contributed by atoms with Gasteiger partial charge in [-0.1, -0.05) is 0 Å². The molecule has 1 N–H and O–H groups in total. The van der Waals surface area contributed by atoms with Gasteiger partial charge in [-0.25, -0.2) is 0 Å². The summed E-state index contributed by atoms with van der Waals surface area (Å²) in [6.07, 6.45) is 5.29. The van der Waals surface area contributed by atoms with Gasteiger partial charge in [0.25, 0.3) is 0 Å². The standard InChI is InChI=1S/C13H19N5.W/c1-4-11-6-5-7-18(11)13-16-10(2)8-12(17-13)15-9-14-3;/h3,8-9,11H,4-7H2,1-2H3,(H,15,16,17);. The monoisotopic (exact) mass is 429 g/mol. The van der Waals surface area contributed by atoms with Crippen molar-refractivity contribution in [3.8, 4) is 0 Å². The molecule has 102 valence electrons. The van der Waals surface area contributed by atoms with E-state index in [0.29, 0.717) is 6.04 Å². The van der Waals surface area contributed by atoms with E-state index in [4.69, 9.17) is 0 Å². The molecule has 1 aromatic rings. The Bertz CT molecular complexity index is 474. The minimum atomic E-state index is 0.580. The second-order valence-electron chi connectivity index (χ2n) is 4.62. The molecule has 1 saturated heterocycles. The van der Waals surface area contributed by atoms with E-state index in [-0.39, 0.29) is 0 Å². The van der Waals surface area contributed by atoms with Gasteiger partial charge in [0.15, 0.2) is 0 Å². The molecule has 1 fully saturated rings. The van der Waals surface area contributed by atoms with Crippen LogP contribution in [0.3, 0.4) is 0 Å². The van der Waals surface area contributed by atoms with Crippen LogP contribution in [0.1, 0.15) is 31.9 Å². The average molecular weight is 429 g/mol. The number of aliphatic imine (C=N–C) groups is 1. The van der Waals surface area contributed by atoms with Crippen molar-refractivity contribution in [2.24, 2.45) is 4.99 Å². The average Bonchev–Trinajstić information content (AvgIpc) is 2.86. The molecule has 0 amide bonds. The summed E-state index contributed by atoms with van der Waals surface area (Å²) in [6, 6.07) is 2.52. The molecule has 1 aliphatic heterocycles. The van der Waals surface area contributed by atoms with E-state index in [1.54, 1.807) is 6.34 Å². The number of hydrogen-bond donors (Lipinski definition) is 1. The first-order valence-corrected chi connectivity index (χ1v) is 8.28. The fourth-order valence-electron chi connectivity index (χ4n) is 2.41. The molecule has 6 heteroatoms. The van der Waals surface area contributed by atoms with Gasteiger partial charge in [-0.15, -0.1) is 0 Å². The summed E-state index contributed by atoms with van der Waals surface area (Å²) in [7, 11) is 0. The molecule has 2 rings (SSSR count). The van der Waals surface area contributed by atoms with Gasteiger partial charge >= 0.3 is 125 Å². The van der Waals surface area contributed by atoms with E-state index in [9.17, 15) is 0 Å². The second kappa shape index (κ2) is 6.90. The predicted octanol–water partition coefficient (Wildman–Crippen LogP) is 1.91. The van der Waals surface area contributed by atoms with Crippen LogP contribution in [0.15, 0.2) is 11.1 Å². The van der Waals surface area contributed by atoms with Crippen molar-refractivity contribution >= 4 is 22.6 Å². The molecule has 1 aromatic heterocycles. The number of rotatable bonds is 5. The number of nitrogens with zero attached hydrogens (tertiary/aromatic N) is 4. The number of nitrogens with one attached hydrogen (secondary N) is 1. The van der Waals surface area contributed by atoms with Crippen LogP contribution in [-0.2, 0) is 19.4 Å². The topological polar surface area (TPSA) is 53.4 Å². The van der Waals surface area contributed by atoms with Gasteiger partial charge in [-0.05, 0) is 0 Å². The molecule has 0 bridgehead atoms. The second-order valence-corrected chi connectivity index (χ2v) is 5.38. The zero-order chi connectivity index (χ0) is 13.7. The molecule has 1 aliphatic rings. The van der Waals surface area contributed by atoms with Crippen LogP contribution < -0.4 is 10.2 Å². The first-order valence-electron chi connectivity index (χ1n) is 6.58. The van der Waals surface area contributed by atoms with Crippen molar-refractivity contribution in [1.29, 1.82) is 0 Å². The number of aryl methyl sites for hydroxylation is 1. The number of anilines is 2. The van der Waals surface area contributed by atoms with Crippen LogP contribution >= 0.6 is 0 Å². The van der Waals surface area contributed by atoms with Crippen molar-refractivity contribution in [2.45, 2.75) is 39.2 Å². The van der Waals surface area contributed by atoms with Crippen molar-refractivity contribution < 1.29 is 19.4 Å². The van der Waals surface area contributed by atoms with Gasteiger partial charge in [-0.2, -0.15) is 0 Å². The van der Waals surface area contributed by atoms with Gasteiger partial charge in [0.1, 0.15) is 0 Å². The molecular weight excluding hydrogens is 410 g/mol. The Morgan fingerprint density at radius 1 is 1.58 bits per heavy atom. The van der Waals surface area contributed by atoms with Crippen molar-refractivity contribution in [2.75, 3.05) is 16.8 Å². The molecule has 0 spiro atoms. The Morgan fingerprint density at radius 3 is 3.16 bits per heavy atom. The van der Waals surface area contributed by atoms with Crippen LogP contribution in [0.4, 0.5) is 11.8 Å². The van der Waals surface area contributed by atoms with Crippen LogP contribution in [-0.4, -0.2) is 33.4 Å². The fourth-order valence-corrected chi connectivity index (χ4v) is 2.63. The van der Waals surface area contributed by atoms with Gasteiger partial charge in [0, 0.05) is 0 Å². The van der Waals surface area contributed by atoms with E-state index >= 15 is 0 Å². The third-order valence-corrected chi connectivity index (χ3v) is 3.73. The number of hydrogen-bond acceptors (Lipinski definition) is 4. The van der Waals surface area contributed by atoms with Crippen LogP contribution in [0, 0.1) is 6.92 Å². The predicted molar refractivity (Wildman–Crippen MR) is 75.6 cm³/mol. The minimum absolute atomic E-state index is 0.580. The van der Waals surface area contributed by atoms with Crippen molar-refractivity contribution in [3.05, 3.63) is 11.8 Å². The molecule has 0 radical (unpaired) electrons. The molecule has 5 nitrogen and oxygen atoms in total. The van der Waals surface area contributed by atoms with E-state index in [0.717, 1.165) is 30.4 Å². The Morgan fingerprint density at radius 2 is 2.42 bits per heavy atom. The van der Waals surface area contributed by atoms with Gasteiger partial charge < -0.3 is 0 Å². The summed E-state index contributed by atoms with van der Waals surface area (Å²) in [4.78, 5) is 15.5. The van der Waals surface area contributed by atoms with E-state index in [1.165, 1.54) is 32.2 Å². The molecule has 0 aliphatic carbocycles. The Kier molecular flexibility index (Phi) is 5.20. The third kappa shape index (κ3) is 3.69. The SMILES string of the molecule is CCC1CCCN1c1nc(C)cc(NC=N[CH]=[W])n1. The third-order valence-electron chi connectivity index (χ3n) is 3.30. The molecule has 0 aromatic carbocycles. The summed E-state index contributed by atoms with van der Waals surface area (Å²) in [6.45, 7) is 5.28. The van der Waals surface area contributed by atoms with Crippen molar-refractivity contribution in [1.82, 2.24) is 9.97 Å². The van der Waals surface area contributed by atoms with Gasteiger partial charge in [-0.3, -0.25) is 0 Å². The quantitative estimate of drug-likeness (QED) is 0.574. The first kappa shape index (κ1) is 14.3. The molecule has 0 saturated carbocycles. The summed E-state index contributed by atoms with van der Waals surface area (Å²) in [5, 5.41) is 3.10. The Labute approximate surface area is 125 Å². The number of aromatic nitrogens is 2. The fraction of sp³-hybridized carbons (Fsp3) is 0.538. The van der Waals surface area contributed by atoms with Gasteiger partial charge in [0.2, 0.25) is 0 Å². The van der Waals surface area contributed by atoms with Gasteiger partial charge in [0.05, 0.1) is 0 Å². The van der Waals surface area contributed by atoms with Crippen LogP contribution in [0.25, 0.3) is 0 Å². The van der Waals surface area contributed by atoms with E-state index in [2.05, 4.69) is 32.1 Å². The van der Waals surface area contributed by atoms with E-state index in [1.807, 2.05) is 17.5 Å². The molecular formula is C13H19N5W. The Hall–Kier alpha value is -1.09. The summed E-state index contributed by atoms with van der Waals surface area (Å²) in [5.74, 6) is 1.65. The molecule has 2 heterocycles. The molecule has 1 unspecified atom stereocenters. The van der Waals surface area contributed by atoms with Crippen molar-refractivity contribution in [3.63, 3.8) is 0 Å². The summed E-state index contributed by atoms with van der Waals surface area (Å²) in [5.41, 5.74) is 0.980. The molecule has 19 heavy (non-hydrogen) atoms. The molecule has 1 atom stereocenters. The van der Waals surface area contributed by atoms with Crippen LogP contribution in [0.5, 0.6) is 0 Å².